The maximum absolute atomic E-state index is 9.12. The molecule has 0 aliphatic rings. The second-order valence-corrected chi connectivity index (χ2v) is 5.99. The Kier molecular flexibility index (Phi) is 6.00. The zero-order chi connectivity index (χ0) is 14.4. The molecular weight excluding hydrogens is 300 g/mol. The summed E-state index contributed by atoms with van der Waals surface area (Å²) in [6, 6.07) is 3.76. The fourth-order valence-electron chi connectivity index (χ4n) is 1.88. The predicted octanol–water partition coefficient (Wildman–Crippen LogP) is 2.50. The first-order valence-corrected chi connectivity index (χ1v) is 7.45. The van der Waals surface area contributed by atoms with Crippen LogP contribution in [0.1, 0.15) is 5.56 Å². The number of rotatable bonds is 8. The van der Waals surface area contributed by atoms with Crippen LogP contribution in [0.25, 0.3) is 10.6 Å². The molecule has 1 N–H and O–H groups in total. The van der Waals surface area contributed by atoms with E-state index in [1.807, 2.05) is 12.1 Å². The van der Waals surface area contributed by atoms with Crippen LogP contribution in [0.4, 0.5) is 0 Å². The van der Waals surface area contributed by atoms with E-state index in [0.717, 1.165) is 22.7 Å². The van der Waals surface area contributed by atoms with Gasteiger partial charge < -0.3 is 14.4 Å². The van der Waals surface area contributed by atoms with Gasteiger partial charge in [-0.1, -0.05) is 16.8 Å². The molecule has 0 aromatic carbocycles. The van der Waals surface area contributed by atoms with Gasteiger partial charge in [0.1, 0.15) is 0 Å². The van der Waals surface area contributed by atoms with Crippen LogP contribution >= 0.6 is 22.9 Å². The molecule has 110 valence electrons. The van der Waals surface area contributed by atoms with Gasteiger partial charge in [0, 0.05) is 32.3 Å². The lowest BCUT2D eigenvalue weighted by Crippen LogP contribution is -2.29. The van der Waals surface area contributed by atoms with Crippen molar-refractivity contribution in [3.05, 3.63) is 28.2 Å². The smallest absolute Gasteiger partial charge is 0.181 e. The number of hydrogen-bond donors (Lipinski definition) is 1. The summed E-state index contributed by atoms with van der Waals surface area (Å²) in [7, 11) is 1.66. The average molecular weight is 317 g/mol. The van der Waals surface area contributed by atoms with Crippen molar-refractivity contribution >= 4 is 22.9 Å². The lowest BCUT2D eigenvalue weighted by Gasteiger charge is -2.20. The normalized spacial score (nSPS) is 11.4. The minimum Gasteiger partial charge on any atom is -0.395 e. The van der Waals surface area contributed by atoms with Gasteiger partial charge in [-0.3, -0.25) is 4.90 Å². The summed E-state index contributed by atoms with van der Waals surface area (Å²) in [4.78, 5) is 3.05. The molecule has 0 atom stereocenters. The summed E-state index contributed by atoms with van der Waals surface area (Å²) < 4.78 is 11.1. The van der Waals surface area contributed by atoms with Crippen molar-refractivity contribution in [3.8, 4) is 10.6 Å². The van der Waals surface area contributed by atoms with Crippen LogP contribution in [-0.2, 0) is 11.3 Å². The first kappa shape index (κ1) is 15.5. The number of aliphatic hydroxyl groups is 1. The van der Waals surface area contributed by atoms with E-state index in [9.17, 15) is 0 Å². The molecule has 0 radical (unpaired) electrons. The monoisotopic (exact) mass is 316 g/mol. The predicted molar refractivity (Wildman–Crippen MR) is 79.1 cm³/mol. The maximum Gasteiger partial charge on any atom is 0.181 e. The van der Waals surface area contributed by atoms with Gasteiger partial charge >= 0.3 is 0 Å². The number of methoxy groups -OCH3 is 1. The first-order valence-electron chi connectivity index (χ1n) is 6.26. The standard InChI is InChI=1S/C13H17ClN2O3S/c1-18-7-5-16(4-6-17)9-10-8-15-19-13(10)11-2-3-12(14)20-11/h2-3,8,17H,4-7,9H2,1H3. The first-order chi connectivity index (χ1) is 9.74. The number of hydrogen-bond acceptors (Lipinski definition) is 6. The van der Waals surface area contributed by atoms with Crippen molar-refractivity contribution in [1.82, 2.24) is 10.1 Å². The highest BCUT2D eigenvalue weighted by molar-refractivity contribution is 7.19. The SMILES string of the molecule is COCCN(CCO)Cc1cnoc1-c1ccc(Cl)s1. The number of aliphatic hydroxyl groups excluding tert-OH is 1. The minimum atomic E-state index is 0.106. The Morgan fingerprint density at radius 3 is 2.95 bits per heavy atom. The van der Waals surface area contributed by atoms with Gasteiger partial charge in [-0.15, -0.1) is 11.3 Å². The molecule has 0 aliphatic heterocycles. The summed E-state index contributed by atoms with van der Waals surface area (Å²) >= 11 is 7.41. The second-order valence-electron chi connectivity index (χ2n) is 4.28. The molecule has 2 heterocycles. The highest BCUT2D eigenvalue weighted by Crippen LogP contribution is 2.33. The van der Waals surface area contributed by atoms with Crippen LogP contribution in [0.15, 0.2) is 22.9 Å². The van der Waals surface area contributed by atoms with Crippen LogP contribution in [0.5, 0.6) is 0 Å². The quantitative estimate of drug-likeness (QED) is 0.811. The number of ether oxygens (including phenoxy) is 1. The van der Waals surface area contributed by atoms with Crippen LogP contribution in [0, 0.1) is 0 Å². The molecule has 0 bridgehead atoms. The highest BCUT2D eigenvalue weighted by Gasteiger charge is 2.16. The van der Waals surface area contributed by atoms with Crippen molar-refractivity contribution in [2.45, 2.75) is 6.54 Å². The molecule has 0 amide bonds. The van der Waals surface area contributed by atoms with Crippen molar-refractivity contribution in [2.24, 2.45) is 0 Å². The van der Waals surface area contributed by atoms with Crippen molar-refractivity contribution in [2.75, 3.05) is 33.4 Å². The third kappa shape index (κ3) is 4.04. The Balaban J connectivity index is 2.10. The molecule has 2 aromatic rings. The summed E-state index contributed by atoms with van der Waals surface area (Å²) in [6.45, 7) is 2.70. The second kappa shape index (κ2) is 7.75. The fourth-order valence-corrected chi connectivity index (χ4v) is 2.94. The summed E-state index contributed by atoms with van der Waals surface area (Å²) in [5.41, 5.74) is 0.980. The zero-order valence-electron chi connectivity index (χ0n) is 11.2. The number of nitrogens with zero attached hydrogens (tertiary/aromatic N) is 2. The van der Waals surface area contributed by atoms with E-state index in [4.69, 9.17) is 26.0 Å². The van der Waals surface area contributed by atoms with Gasteiger partial charge in [0.15, 0.2) is 5.76 Å². The van der Waals surface area contributed by atoms with Crippen LogP contribution in [0.3, 0.4) is 0 Å². The molecule has 0 spiro atoms. The Labute approximate surface area is 126 Å². The highest BCUT2D eigenvalue weighted by atomic mass is 35.5. The van der Waals surface area contributed by atoms with Gasteiger partial charge in [-0.05, 0) is 12.1 Å². The molecule has 5 nitrogen and oxygen atoms in total. The summed E-state index contributed by atoms with van der Waals surface area (Å²) in [6.07, 6.45) is 1.71. The molecule has 2 aromatic heterocycles. The van der Waals surface area contributed by atoms with Crippen molar-refractivity contribution in [3.63, 3.8) is 0 Å². The fraction of sp³-hybridized carbons (Fsp3) is 0.462. The summed E-state index contributed by atoms with van der Waals surface area (Å²) in [5.74, 6) is 0.738. The van der Waals surface area contributed by atoms with Gasteiger partial charge in [0.05, 0.1) is 28.6 Å². The maximum atomic E-state index is 9.12. The largest absolute Gasteiger partial charge is 0.395 e. The van der Waals surface area contributed by atoms with E-state index in [-0.39, 0.29) is 6.61 Å². The molecule has 2 rings (SSSR count). The van der Waals surface area contributed by atoms with E-state index in [2.05, 4.69) is 10.1 Å². The molecule has 0 saturated carbocycles. The van der Waals surface area contributed by atoms with Crippen molar-refractivity contribution in [1.29, 1.82) is 0 Å². The average Bonchev–Trinajstić information content (AvgIpc) is 3.05. The Morgan fingerprint density at radius 2 is 2.30 bits per heavy atom. The molecule has 0 aliphatic carbocycles. The molecule has 0 unspecified atom stereocenters. The van der Waals surface area contributed by atoms with Crippen LogP contribution < -0.4 is 0 Å². The Morgan fingerprint density at radius 1 is 1.45 bits per heavy atom. The van der Waals surface area contributed by atoms with Gasteiger partial charge in [0.2, 0.25) is 0 Å². The zero-order valence-corrected chi connectivity index (χ0v) is 12.8. The van der Waals surface area contributed by atoms with Crippen LogP contribution in [-0.4, -0.2) is 48.6 Å². The van der Waals surface area contributed by atoms with E-state index >= 15 is 0 Å². The third-order valence-corrected chi connectivity index (χ3v) is 4.09. The number of aromatic nitrogens is 1. The molecule has 20 heavy (non-hydrogen) atoms. The van der Waals surface area contributed by atoms with Gasteiger partial charge in [0.25, 0.3) is 0 Å². The molecule has 0 saturated heterocycles. The third-order valence-electron chi connectivity index (χ3n) is 2.86. The van der Waals surface area contributed by atoms with E-state index < -0.39 is 0 Å². The topological polar surface area (TPSA) is 58.7 Å². The van der Waals surface area contributed by atoms with Gasteiger partial charge in [-0.2, -0.15) is 0 Å². The molecular formula is C13H17ClN2O3S. The van der Waals surface area contributed by atoms with Gasteiger partial charge in [-0.25, -0.2) is 0 Å². The van der Waals surface area contributed by atoms with E-state index in [0.29, 0.717) is 24.0 Å². The lowest BCUT2D eigenvalue weighted by atomic mass is 10.2. The Bertz CT molecular complexity index is 529. The lowest BCUT2D eigenvalue weighted by molar-refractivity contribution is 0.127. The molecule has 0 fully saturated rings. The minimum absolute atomic E-state index is 0.106. The number of halogens is 1. The Hall–Kier alpha value is -0.920. The van der Waals surface area contributed by atoms with Crippen molar-refractivity contribution < 1.29 is 14.4 Å². The number of thiophene rings is 1. The van der Waals surface area contributed by atoms with E-state index in [1.54, 1.807) is 13.3 Å². The van der Waals surface area contributed by atoms with E-state index in [1.165, 1.54) is 11.3 Å². The summed E-state index contributed by atoms with van der Waals surface area (Å²) in [5, 5.41) is 13.0. The van der Waals surface area contributed by atoms with Crippen LogP contribution in [0.2, 0.25) is 4.34 Å². The molecule has 7 heteroatoms.